The molecule has 0 bridgehead atoms. The fraction of sp³-hybridized carbons (Fsp3) is 0.600. The van der Waals surface area contributed by atoms with Crippen LogP contribution in [0.4, 0.5) is 5.95 Å². The second kappa shape index (κ2) is 4.93. The van der Waals surface area contributed by atoms with Gasteiger partial charge in [0.25, 0.3) is 0 Å². The van der Waals surface area contributed by atoms with Crippen molar-refractivity contribution in [2.45, 2.75) is 31.8 Å². The Balaban J connectivity index is 1.76. The molecule has 2 heterocycles. The maximum atomic E-state index is 11.5. The van der Waals surface area contributed by atoms with Gasteiger partial charge in [0.2, 0.25) is 11.9 Å². The standard InChI is InChI=1S/C10H15N3O2/c14-9(13-10-11-4-5-12-10)7-8-3-1-2-6-15-8/h4-5,8H,1-3,6-7H2,(H2,11,12,13,14). The van der Waals surface area contributed by atoms with E-state index in [2.05, 4.69) is 15.3 Å². The van der Waals surface area contributed by atoms with E-state index in [1.807, 2.05) is 0 Å². The lowest BCUT2D eigenvalue weighted by Gasteiger charge is -2.21. The Kier molecular flexibility index (Phi) is 3.34. The predicted molar refractivity (Wildman–Crippen MR) is 55.4 cm³/mol. The molecule has 82 valence electrons. The summed E-state index contributed by atoms with van der Waals surface area (Å²) in [6.45, 7) is 0.776. The first-order valence-electron chi connectivity index (χ1n) is 5.25. The van der Waals surface area contributed by atoms with E-state index in [0.29, 0.717) is 12.4 Å². The summed E-state index contributed by atoms with van der Waals surface area (Å²) in [5.74, 6) is 0.452. The summed E-state index contributed by atoms with van der Waals surface area (Å²) in [6.07, 6.45) is 7.01. The van der Waals surface area contributed by atoms with Crippen LogP contribution in [0.25, 0.3) is 0 Å². The molecule has 5 nitrogen and oxygen atoms in total. The summed E-state index contributed by atoms with van der Waals surface area (Å²) in [4.78, 5) is 18.3. The molecule has 1 aliphatic rings. The largest absolute Gasteiger partial charge is 0.378 e. The number of aromatic nitrogens is 2. The summed E-state index contributed by atoms with van der Waals surface area (Å²) in [6, 6.07) is 0. The molecule has 2 N–H and O–H groups in total. The third-order valence-electron chi connectivity index (χ3n) is 2.44. The number of carbonyl (C=O) groups excluding carboxylic acids is 1. The van der Waals surface area contributed by atoms with Crippen molar-refractivity contribution in [3.63, 3.8) is 0 Å². The van der Waals surface area contributed by atoms with Gasteiger partial charge in [0.15, 0.2) is 0 Å². The van der Waals surface area contributed by atoms with Crippen LogP contribution in [0.5, 0.6) is 0 Å². The number of ether oxygens (including phenoxy) is 1. The van der Waals surface area contributed by atoms with E-state index in [0.717, 1.165) is 25.9 Å². The number of imidazole rings is 1. The zero-order valence-corrected chi connectivity index (χ0v) is 8.53. The van der Waals surface area contributed by atoms with Crippen LogP contribution in [0, 0.1) is 0 Å². The van der Waals surface area contributed by atoms with Crippen LogP contribution < -0.4 is 5.32 Å². The van der Waals surface area contributed by atoms with Gasteiger partial charge in [-0.3, -0.25) is 10.1 Å². The van der Waals surface area contributed by atoms with Gasteiger partial charge in [0.1, 0.15) is 0 Å². The molecule has 0 spiro atoms. The number of rotatable bonds is 3. The molecule has 1 fully saturated rings. The highest BCUT2D eigenvalue weighted by Gasteiger charge is 2.17. The van der Waals surface area contributed by atoms with Crippen molar-refractivity contribution in [2.75, 3.05) is 11.9 Å². The monoisotopic (exact) mass is 209 g/mol. The van der Waals surface area contributed by atoms with Gasteiger partial charge >= 0.3 is 0 Å². The molecular weight excluding hydrogens is 194 g/mol. The Bertz CT molecular complexity index is 304. The number of hydrogen-bond acceptors (Lipinski definition) is 3. The average molecular weight is 209 g/mol. The molecule has 1 aromatic heterocycles. The Morgan fingerprint density at radius 3 is 3.27 bits per heavy atom. The Morgan fingerprint density at radius 2 is 2.60 bits per heavy atom. The van der Waals surface area contributed by atoms with Gasteiger partial charge in [-0.2, -0.15) is 0 Å². The van der Waals surface area contributed by atoms with Crippen molar-refractivity contribution in [3.8, 4) is 0 Å². The maximum absolute atomic E-state index is 11.5. The van der Waals surface area contributed by atoms with Gasteiger partial charge in [-0.05, 0) is 19.3 Å². The van der Waals surface area contributed by atoms with E-state index in [1.54, 1.807) is 12.4 Å². The number of carbonyl (C=O) groups is 1. The van der Waals surface area contributed by atoms with E-state index in [9.17, 15) is 4.79 Å². The van der Waals surface area contributed by atoms with Gasteiger partial charge in [0.05, 0.1) is 12.5 Å². The van der Waals surface area contributed by atoms with Crippen molar-refractivity contribution in [3.05, 3.63) is 12.4 Å². The molecule has 0 saturated carbocycles. The number of H-pyrrole nitrogens is 1. The normalized spacial score (nSPS) is 21.2. The first-order chi connectivity index (χ1) is 7.34. The van der Waals surface area contributed by atoms with Crippen LogP contribution in [-0.4, -0.2) is 28.6 Å². The number of aromatic amines is 1. The molecule has 1 saturated heterocycles. The van der Waals surface area contributed by atoms with Gasteiger partial charge in [-0.25, -0.2) is 4.98 Å². The highest BCUT2D eigenvalue weighted by Crippen LogP contribution is 2.15. The Morgan fingerprint density at radius 1 is 1.67 bits per heavy atom. The van der Waals surface area contributed by atoms with E-state index in [4.69, 9.17) is 4.74 Å². The summed E-state index contributed by atoms with van der Waals surface area (Å²) < 4.78 is 5.48. The molecule has 1 aliphatic heterocycles. The molecular formula is C10H15N3O2. The fourth-order valence-corrected chi connectivity index (χ4v) is 1.69. The van der Waals surface area contributed by atoms with Crippen LogP contribution in [0.1, 0.15) is 25.7 Å². The maximum Gasteiger partial charge on any atom is 0.229 e. The van der Waals surface area contributed by atoms with Crippen molar-refractivity contribution >= 4 is 11.9 Å². The molecule has 0 radical (unpaired) electrons. The van der Waals surface area contributed by atoms with Crippen LogP contribution in [0.2, 0.25) is 0 Å². The lowest BCUT2D eigenvalue weighted by atomic mass is 10.1. The van der Waals surface area contributed by atoms with Gasteiger partial charge in [-0.15, -0.1) is 0 Å². The van der Waals surface area contributed by atoms with Crippen LogP contribution in [0.15, 0.2) is 12.4 Å². The smallest absolute Gasteiger partial charge is 0.229 e. The molecule has 0 aromatic carbocycles. The SMILES string of the molecule is O=C(CC1CCCCO1)Nc1ncc[nH]1. The van der Waals surface area contributed by atoms with Gasteiger partial charge < -0.3 is 9.72 Å². The second-order valence-electron chi connectivity index (χ2n) is 3.68. The second-order valence-corrected chi connectivity index (χ2v) is 3.68. The number of nitrogens with zero attached hydrogens (tertiary/aromatic N) is 1. The van der Waals surface area contributed by atoms with Crippen molar-refractivity contribution in [1.82, 2.24) is 9.97 Å². The van der Waals surface area contributed by atoms with Crippen LogP contribution in [-0.2, 0) is 9.53 Å². The number of hydrogen-bond donors (Lipinski definition) is 2. The molecule has 1 atom stereocenters. The summed E-state index contributed by atoms with van der Waals surface area (Å²) in [7, 11) is 0. The van der Waals surface area contributed by atoms with Crippen molar-refractivity contribution in [2.24, 2.45) is 0 Å². The topological polar surface area (TPSA) is 67.0 Å². The minimum atomic E-state index is -0.0446. The molecule has 1 amide bonds. The van der Waals surface area contributed by atoms with E-state index < -0.39 is 0 Å². The zero-order chi connectivity index (χ0) is 10.5. The first kappa shape index (κ1) is 10.2. The number of anilines is 1. The first-order valence-corrected chi connectivity index (χ1v) is 5.25. The lowest BCUT2D eigenvalue weighted by Crippen LogP contribution is -2.25. The molecule has 15 heavy (non-hydrogen) atoms. The molecule has 2 rings (SSSR count). The van der Waals surface area contributed by atoms with Crippen LogP contribution >= 0.6 is 0 Å². The fourth-order valence-electron chi connectivity index (χ4n) is 1.69. The van der Waals surface area contributed by atoms with Crippen molar-refractivity contribution < 1.29 is 9.53 Å². The minimum Gasteiger partial charge on any atom is -0.378 e. The third kappa shape index (κ3) is 3.06. The van der Waals surface area contributed by atoms with E-state index in [1.165, 1.54) is 0 Å². The van der Waals surface area contributed by atoms with Gasteiger partial charge in [-0.1, -0.05) is 0 Å². The molecule has 0 aliphatic carbocycles. The zero-order valence-electron chi connectivity index (χ0n) is 8.53. The minimum absolute atomic E-state index is 0.0446. The average Bonchev–Trinajstić information content (AvgIpc) is 2.71. The quantitative estimate of drug-likeness (QED) is 0.788. The summed E-state index contributed by atoms with van der Waals surface area (Å²) >= 11 is 0. The molecule has 5 heteroatoms. The summed E-state index contributed by atoms with van der Waals surface area (Å²) in [5.41, 5.74) is 0. The third-order valence-corrected chi connectivity index (χ3v) is 2.44. The Labute approximate surface area is 88.2 Å². The number of nitrogens with one attached hydrogen (secondary N) is 2. The predicted octanol–water partition coefficient (Wildman–Crippen LogP) is 1.31. The highest BCUT2D eigenvalue weighted by atomic mass is 16.5. The van der Waals surface area contributed by atoms with E-state index in [-0.39, 0.29) is 12.0 Å². The lowest BCUT2D eigenvalue weighted by molar-refractivity contribution is -0.119. The summed E-state index contributed by atoms with van der Waals surface area (Å²) in [5, 5.41) is 2.68. The number of amides is 1. The molecule has 1 aromatic rings. The molecule has 1 unspecified atom stereocenters. The van der Waals surface area contributed by atoms with E-state index >= 15 is 0 Å². The van der Waals surface area contributed by atoms with Crippen molar-refractivity contribution in [1.29, 1.82) is 0 Å². The van der Waals surface area contributed by atoms with Crippen LogP contribution in [0.3, 0.4) is 0 Å². The Hall–Kier alpha value is -1.36. The van der Waals surface area contributed by atoms with Gasteiger partial charge in [0, 0.05) is 19.0 Å². The highest BCUT2D eigenvalue weighted by molar-refractivity contribution is 5.89.